The molecule has 1 N–H and O–H groups in total. The lowest BCUT2D eigenvalue weighted by Gasteiger charge is -2.20. The van der Waals surface area contributed by atoms with E-state index < -0.39 is 15.9 Å². The summed E-state index contributed by atoms with van der Waals surface area (Å²) in [5.41, 5.74) is 1.57. The third kappa shape index (κ3) is 3.97. The lowest BCUT2D eigenvalue weighted by Crippen LogP contribution is -2.28. The van der Waals surface area contributed by atoms with E-state index in [1.54, 1.807) is 36.4 Å². The van der Waals surface area contributed by atoms with Crippen LogP contribution in [0.5, 0.6) is 28.7 Å². The molecule has 176 valence electrons. The third-order valence-corrected chi connectivity index (χ3v) is 7.79. The lowest BCUT2D eigenvalue weighted by atomic mass is 10.1. The molecule has 34 heavy (non-hydrogen) atoms. The molecular weight excluding hydrogens is 456 g/mol. The predicted octanol–water partition coefficient (Wildman–Crippen LogP) is 4.94. The van der Waals surface area contributed by atoms with Gasteiger partial charge in [-0.25, -0.2) is 8.42 Å². The highest BCUT2D eigenvalue weighted by Crippen LogP contribution is 2.43. The molecule has 1 saturated heterocycles. The molecule has 0 aromatic heterocycles. The molecular formula is C25H24N2O6S. The van der Waals surface area contributed by atoms with Crippen molar-refractivity contribution in [3.63, 3.8) is 0 Å². The number of aryl methyl sites for hydroxylation is 1. The van der Waals surface area contributed by atoms with Gasteiger partial charge in [-0.3, -0.25) is 4.79 Å². The predicted molar refractivity (Wildman–Crippen MR) is 127 cm³/mol. The number of nitrogens with one attached hydrogen (secondary N) is 1. The molecule has 0 saturated carbocycles. The number of anilines is 1. The molecule has 0 bridgehead atoms. The third-order valence-electron chi connectivity index (χ3n) is 5.87. The molecule has 2 heterocycles. The van der Waals surface area contributed by atoms with Gasteiger partial charge < -0.3 is 19.5 Å². The number of rotatable bonds is 5. The van der Waals surface area contributed by atoms with Gasteiger partial charge in [0.2, 0.25) is 10.0 Å². The van der Waals surface area contributed by atoms with Gasteiger partial charge in [0.15, 0.2) is 23.0 Å². The Morgan fingerprint density at radius 2 is 1.68 bits per heavy atom. The Morgan fingerprint density at radius 1 is 0.941 bits per heavy atom. The van der Waals surface area contributed by atoms with Crippen molar-refractivity contribution in [1.82, 2.24) is 4.31 Å². The summed E-state index contributed by atoms with van der Waals surface area (Å²) in [7, 11) is -2.41. The van der Waals surface area contributed by atoms with E-state index in [1.165, 1.54) is 23.5 Å². The van der Waals surface area contributed by atoms with E-state index in [2.05, 4.69) is 5.32 Å². The molecule has 1 amide bonds. The molecule has 0 spiro atoms. The molecule has 0 unspecified atom stereocenters. The summed E-state index contributed by atoms with van der Waals surface area (Å²) in [5, 5.41) is 2.82. The highest BCUT2D eigenvalue weighted by atomic mass is 32.2. The standard InChI is InChI=1S/C25H24N2O6S/c1-16-9-10-19-18(13-16)26-25(28)17-14-24(34(29,30)27-11-5-6-12-27)23(15-22(17)32-19)33-21-8-4-3-7-20(21)31-2/h3-4,7-10,13-15H,5-6,11-12H2,1-2H3,(H,26,28). The number of fused-ring (bicyclic) bond motifs is 2. The molecule has 8 nitrogen and oxygen atoms in total. The first-order valence-corrected chi connectivity index (χ1v) is 12.4. The van der Waals surface area contributed by atoms with Gasteiger partial charge in [-0.1, -0.05) is 18.2 Å². The van der Waals surface area contributed by atoms with Gasteiger partial charge in [-0.2, -0.15) is 4.31 Å². The molecule has 2 aliphatic rings. The highest BCUT2D eigenvalue weighted by Gasteiger charge is 2.34. The summed E-state index contributed by atoms with van der Waals surface area (Å²) < 4.78 is 46.1. The first kappa shape index (κ1) is 22.2. The average Bonchev–Trinajstić information content (AvgIpc) is 3.33. The van der Waals surface area contributed by atoms with Crippen molar-refractivity contribution in [2.24, 2.45) is 0 Å². The maximum absolute atomic E-state index is 13.6. The van der Waals surface area contributed by atoms with Gasteiger partial charge in [-0.05, 0) is 55.7 Å². The Balaban J connectivity index is 1.67. The van der Waals surface area contributed by atoms with Crippen LogP contribution in [0, 0.1) is 6.92 Å². The zero-order chi connectivity index (χ0) is 23.9. The van der Waals surface area contributed by atoms with Gasteiger partial charge in [0.1, 0.15) is 10.6 Å². The van der Waals surface area contributed by atoms with Gasteiger partial charge in [0.05, 0.1) is 18.4 Å². The van der Waals surface area contributed by atoms with Crippen molar-refractivity contribution < 1.29 is 27.4 Å². The number of para-hydroxylation sites is 2. The molecule has 3 aromatic carbocycles. The zero-order valence-corrected chi connectivity index (χ0v) is 19.6. The van der Waals surface area contributed by atoms with Crippen LogP contribution in [0.25, 0.3) is 0 Å². The normalized spacial score (nSPS) is 15.5. The van der Waals surface area contributed by atoms with Crippen molar-refractivity contribution in [2.75, 3.05) is 25.5 Å². The van der Waals surface area contributed by atoms with Gasteiger partial charge in [-0.15, -0.1) is 0 Å². The second-order valence-corrected chi connectivity index (χ2v) is 10.1. The molecule has 0 atom stereocenters. The van der Waals surface area contributed by atoms with Gasteiger partial charge in [0, 0.05) is 19.2 Å². The molecule has 1 fully saturated rings. The number of carbonyl (C=O) groups excluding carboxylic acids is 1. The monoisotopic (exact) mass is 480 g/mol. The smallest absolute Gasteiger partial charge is 0.259 e. The number of carbonyl (C=O) groups is 1. The topological polar surface area (TPSA) is 94.2 Å². The number of amides is 1. The van der Waals surface area contributed by atoms with E-state index in [-0.39, 0.29) is 22.0 Å². The fourth-order valence-electron chi connectivity index (χ4n) is 4.11. The first-order valence-electron chi connectivity index (χ1n) is 11.0. The number of methoxy groups -OCH3 is 1. The summed E-state index contributed by atoms with van der Waals surface area (Å²) >= 11 is 0. The Morgan fingerprint density at radius 3 is 2.41 bits per heavy atom. The maximum atomic E-state index is 13.6. The maximum Gasteiger partial charge on any atom is 0.259 e. The van der Waals surface area contributed by atoms with Crippen molar-refractivity contribution in [3.8, 4) is 28.7 Å². The number of hydrogen-bond acceptors (Lipinski definition) is 6. The lowest BCUT2D eigenvalue weighted by molar-refractivity contribution is 0.102. The SMILES string of the molecule is COc1ccccc1Oc1cc2c(cc1S(=O)(=O)N1CCCC1)C(=O)Nc1cc(C)ccc1O2. The first-order chi connectivity index (χ1) is 16.4. The minimum absolute atomic E-state index is 0.0542. The van der Waals surface area contributed by atoms with Crippen LogP contribution in [-0.4, -0.2) is 38.8 Å². The van der Waals surface area contributed by atoms with Crippen molar-refractivity contribution >= 4 is 21.6 Å². The van der Waals surface area contributed by atoms with E-state index >= 15 is 0 Å². The van der Waals surface area contributed by atoms with Crippen LogP contribution >= 0.6 is 0 Å². The molecule has 0 aliphatic carbocycles. The van der Waals surface area contributed by atoms with E-state index in [0.717, 1.165) is 18.4 Å². The van der Waals surface area contributed by atoms with E-state index in [1.807, 2.05) is 13.0 Å². The molecule has 0 radical (unpaired) electrons. The Hall–Kier alpha value is -3.56. The van der Waals surface area contributed by atoms with Crippen molar-refractivity contribution in [2.45, 2.75) is 24.7 Å². The van der Waals surface area contributed by atoms with Crippen LogP contribution in [0.3, 0.4) is 0 Å². The van der Waals surface area contributed by atoms with E-state index in [9.17, 15) is 13.2 Å². The van der Waals surface area contributed by atoms with Crippen LogP contribution in [0.4, 0.5) is 5.69 Å². The zero-order valence-electron chi connectivity index (χ0n) is 18.8. The van der Waals surface area contributed by atoms with Gasteiger partial charge in [0.25, 0.3) is 5.91 Å². The Kier molecular flexibility index (Phi) is 5.66. The summed E-state index contributed by atoms with van der Waals surface area (Å²) in [4.78, 5) is 13.0. The molecule has 2 aliphatic heterocycles. The van der Waals surface area contributed by atoms with Gasteiger partial charge >= 0.3 is 0 Å². The summed E-state index contributed by atoms with van der Waals surface area (Å²) in [5.74, 6) is 1.04. The summed E-state index contributed by atoms with van der Waals surface area (Å²) in [6.07, 6.45) is 1.57. The number of benzene rings is 3. The molecule has 9 heteroatoms. The minimum Gasteiger partial charge on any atom is -0.493 e. The van der Waals surface area contributed by atoms with Crippen LogP contribution in [-0.2, 0) is 10.0 Å². The number of hydrogen-bond donors (Lipinski definition) is 1. The minimum atomic E-state index is -3.92. The number of nitrogens with zero attached hydrogens (tertiary/aromatic N) is 1. The van der Waals surface area contributed by atoms with E-state index in [4.69, 9.17) is 14.2 Å². The second kappa shape index (κ2) is 8.66. The summed E-state index contributed by atoms with van der Waals surface area (Å²) in [6, 6.07) is 15.2. The van der Waals surface area contributed by atoms with Crippen LogP contribution in [0.1, 0.15) is 28.8 Å². The van der Waals surface area contributed by atoms with Crippen LogP contribution < -0.4 is 19.5 Å². The quantitative estimate of drug-likeness (QED) is 0.556. The summed E-state index contributed by atoms with van der Waals surface area (Å²) in [6.45, 7) is 2.74. The Bertz CT molecular complexity index is 1380. The van der Waals surface area contributed by atoms with Crippen LogP contribution in [0.15, 0.2) is 59.5 Å². The van der Waals surface area contributed by atoms with Crippen molar-refractivity contribution in [3.05, 3.63) is 65.7 Å². The largest absolute Gasteiger partial charge is 0.493 e. The van der Waals surface area contributed by atoms with Crippen molar-refractivity contribution in [1.29, 1.82) is 0 Å². The number of ether oxygens (including phenoxy) is 3. The van der Waals surface area contributed by atoms with E-state index in [0.29, 0.717) is 36.0 Å². The van der Waals surface area contributed by atoms with Crippen LogP contribution in [0.2, 0.25) is 0 Å². The fourth-order valence-corrected chi connectivity index (χ4v) is 5.75. The fraction of sp³-hybridized carbons (Fsp3) is 0.240. The molecule has 5 rings (SSSR count). The number of sulfonamides is 1. The average molecular weight is 481 g/mol. The molecule has 3 aromatic rings. The second-order valence-electron chi connectivity index (χ2n) is 8.22. The Labute approximate surface area is 198 Å². The highest BCUT2D eigenvalue weighted by molar-refractivity contribution is 7.89.